The van der Waals surface area contributed by atoms with Crippen LogP contribution in [0, 0.1) is 17.3 Å². The molecule has 8 amide bonds. The summed E-state index contributed by atoms with van der Waals surface area (Å²) in [6, 6.07) is 8.27. The van der Waals surface area contributed by atoms with E-state index in [2.05, 4.69) is 82.4 Å². The van der Waals surface area contributed by atoms with Crippen molar-refractivity contribution in [3.05, 3.63) is 59.7 Å². The van der Waals surface area contributed by atoms with Crippen LogP contribution >= 0.6 is 0 Å². The number of benzene rings is 2. The number of aryl methyl sites for hydroxylation is 1. The molecule has 1 heterocycles. The molecule has 10 atom stereocenters. The molecule has 4 fully saturated rings. The second kappa shape index (κ2) is 31.2. The average Bonchev–Trinajstić information content (AvgIpc) is 1.35. The second-order valence-corrected chi connectivity index (χ2v) is 26.0. The number of ether oxygens (including phenoxy) is 3. The second-order valence-electron chi connectivity index (χ2n) is 26.0. The monoisotopic (exact) mass is 1200 g/mol. The number of hydrogen-bond acceptors (Lipinski definition) is 14. The molecule has 2 bridgehead atoms. The van der Waals surface area contributed by atoms with Crippen LogP contribution in [0.15, 0.2) is 48.5 Å². The van der Waals surface area contributed by atoms with Crippen LogP contribution in [0.4, 0.5) is 9.59 Å². The van der Waals surface area contributed by atoms with E-state index in [0.717, 1.165) is 49.7 Å². The summed E-state index contributed by atoms with van der Waals surface area (Å²) < 4.78 is 29.1. The van der Waals surface area contributed by atoms with Crippen LogP contribution in [-0.4, -0.2) is 139 Å². The highest BCUT2D eigenvalue weighted by molar-refractivity contribution is 6.47. The first-order chi connectivity index (χ1) is 40.3. The van der Waals surface area contributed by atoms with E-state index in [-0.39, 0.29) is 49.0 Å². The SMILES string of the molecule is CCCCOC(=O)[C@@H](C)NC(=O)CC[C@H](NC(=O)[C@H](CNC(=O)OC(C)(C)C)NC(=O)c1ccc(-c2ccc(CCCC)cc2)cc1)C(=O)N[C@@H](C)C(=O)N[C@@H](CCCCNC(=O)OC(C)(C)C)C(=O)N[C@@H](C)B1O[C@@H]2C[C@@H]3C[C@@H](C3(C)C)[C@]2(C)O1. The van der Waals surface area contributed by atoms with Gasteiger partial charge in [-0.25, -0.2) is 14.4 Å². The van der Waals surface area contributed by atoms with Gasteiger partial charge in [0.25, 0.3) is 5.91 Å². The third kappa shape index (κ3) is 20.7. The molecule has 6 rings (SSSR count). The zero-order valence-electron chi connectivity index (χ0n) is 53.2. The lowest BCUT2D eigenvalue weighted by molar-refractivity contribution is -0.199. The van der Waals surface area contributed by atoms with Crippen LogP contribution in [0.25, 0.3) is 11.1 Å². The van der Waals surface area contributed by atoms with Crippen LogP contribution in [0.5, 0.6) is 0 Å². The maximum absolute atomic E-state index is 14.5. The largest absolute Gasteiger partial charge is 0.481 e. The van der Waals surface area contributed by atoms with Gasteiger partial charge in [-0.05, 0) is 173 Å². The normalized spacial score (nSPS) is 20.5. The summed E-state index contributed by atoms with van der Waals surface area (Å²) in [6.07, 6.45) is 4.89. The molecule has 3 saturated carbocycles. The number of carbonyl (C=O) groups excluding carboxylic acids is 9. The summed E-state index contributed by atoms with van der Waals surface area (Å²) in [6.45, 7) is 25.3. The Morgan fingerprint density at radius 1 is 0.628 bits per heavy atom. The number of esters is 1. The lowest BCUT2D eigenvalue weighted by atomic mass is 9.43. The van der Waals surface area contributed by atoms with Crippen molar-refractivity contribution in [2.75, 3.05) is 19.7 Å². The first-order valence-electron chi connectivity index (χ1n) is 30.8. The zero-order valence-corrected chi connectivity index (χ0v) is 53.2. The van der Waals surface area contributed by atoms with E-state index in [9.17, 15) is 43.2 Å². The van der Waals surface area contributed by atoms with E-state index >= 15 is 0 Å². The Balaban J connectivity index is 1.33. The summed E-state index contributed by atoms with van der Waals surface area (Å²) in [4.78, 5) is 123. The minimum atomic E-state index is -1.56. The molecule has 0 aromatic heterocycles. The van der Waals surface area contributed by atoms with Crippen molar-refractivity contribution in [1.82, 2.24) is 42.5 Å². The topological polar surface area (TPSA) is 296 Å². The van der Waals surface area contributed by atoms with Crippen molar-refractivity contribution in [3.63, 3.8) is 0 Å². The van der Waals surface area contributed by atoms with Gasteiger partial charge in [-0.3, -0.25) is 28.8 Å². The maximum atomic E-state index is 14.5. The van der Waals surface area contributed by atoms with Gasteiger partial charge in [0.2, 0.25) is 29.5 Å². The van der Waals surface area contributed by atoms with Crippen LogP contribution in [0.2, 0.25) is 0 Å². The summed E-state index contributed by atoms with van der Waals surface area (Å²) in [7, 11) is -0.759. The van der Waals surface area contributed by atoms with Crippen LogP contribution in [0.1, 0.15) is 183 Å². The molecular weight excluding hydrogens is 1100 g/mol. The molecule has 22 nitrogen and oxygen atoms in total. The average molecular weight is 1200 g/mol. The van der Waals surface area contributed by atoms with Crippen molar-refractivity contribution in [3.8, 4) is 11.1 Å². The Labute approximate surface area is 508 Å². The zero-order chi connectivity index (χ0) is 63.7. The van der Waals surface area contributed by atoms with Gasteiger partial charge in [0.05, 0.1) is 30.8 Å². The molecule has 1 aliphatic heterocycles. The first-order valence-corrected chi connectivity index (χ1v) is 30.8. The maximum Gasteiger partial charge on any atom is 0.481 e. The van der Waals surface area contributed by atoms with Gasteiger partial charge in [0.1, 0.15) is 41.4 Å². The Hall–Kier alpha value is -6.75. The Morgan fingerprint density at radius 3 is 1.80 bits per heavy atom. The molecule has 2 aromatic rings. The van der Waals surface area contributed by atoms with Gasteiger partial charge < -0.3 is 66.1 Å². The van der Waals surface area contributed by atoms with Crippen molar-refractivity contribution in [2.24, 2.45) is 17.3 Å². The lowest BCUT2D eigenvalue weighted by Gasteiger charge is -2.64. The van der Waals surface area contributed by atoms with Gasteiger partial charge in [-0.1, -0.05) is 76.9 Å². The van der Waals surface area contributed by atoms with E-state index in [1.54, 1.807) is 72.7 Å². The summed E-state index contributed by atoms with van der Waals surface area (Å²) >= 11 is 0. The molecule has 3 aliphatic carbocycles. The highest BCUT2D eigenvalue weighted by atomic mass is 16.7. The molecule has 0 spiro atoms. The highest BCUT2D eigenvalue weighted by Gasteiger charge is 2.68. The highest BCUT2D eigenvalue weighted by Crippen LogP contribution is 2.65. The number of hydrogen-bond donors (Lipinski definition) is 8. The fourth-order valence-corrected chi connectivity index (χ4v) is 11.1. The molecule has 476 valence electrons. The fourth-order valence-electron chi connectivity index (χ4n) is 11.1. The fraction of sp³-hybridized carbons (Fsp3) is 0.667. The van der Waals surface area contributed by atoms with Gasteiger partial charge in [-0.15, -0.1) is 0 Å². The van der Waals surface area contributed by atoms with Crippen LogP contribution in [0.3, 0.4) is 0 Å². The molecular formula is C63H97BN8O14. The smallest absolute Gasteiger partial charge is 0.464 e. The molecule has 0 unspecified atom stereocenters. The molecule has 4 aliphatic rings. The van der Waals surface area contributed by atoms with Gasteiger partial charge in [-0.2, -0.15) is 0 Å². The Morgan fingerprint density at radius 2 is 1.20 bits per heavy atom. The molecule has 1 saturated heterocycles. The van der Waals surface area contributed by atoms with E-state index in [0.29, 0.717) is 25.2 Å². The lowest BCUT2D eigenvalue weighted by Crippen LogP contribution is -2.65. The molecule has 86 heavy (non-hydrogen) atoms. The minimum absolute atomic E-state index is 0.0935. The van der Waals surface area contributed by atoms with E-state index < -0.39 is 127 Å². The van der Waals surface area contributed by atoms with Crippen molar-refractivity contribution < 1.29 is 66.7 Å². The van der Waals surface area contributed by atoms with Crippen molar-refractivity contribution in [1.29, 1.82) is 0 Å². The predicted octanol–water partition coefficient (Wildman–Crippen LogP) is 6.89. The Kier molecular flexibility index (Phi) is 25.4. The molecule has 2 aromatic carbocycles. The van der Waals surface area contributed by atoms with E-state index in [1.165, 1.54) is 19.4 Å². The number of rotatable bonds is 30. The summed E-state index contributed by atoms with van der Waals surface area (Å²) in [5.41, 5.74) is 1.12. The number of nitrogens with one attached hydrogen (secondary N) is 8. The standard InChI is InChI=1S/C63H97BN8O14/c1-15-17-21-41-23-25-42(26-24-41)43-27-29-44(30-28-43)53(75)72-48(37-66-59(81)84-61(9,10)11)56(78)71-47(31-32-51(73)67-39(4)57(79)82-34-18-16-2)54(76)68-38(3)52(74)70-46(22-19-20-33-65-58(80)83-60(6,7)8)55(77)69-40(5)64-85-50-36-45-35-49(62(45,12)13)63(50,14)86-64/h23-30,38-40,45-50H,15-22,31-37H2,1-14H3,(H,65,80)(H,66,81)(H,67,73)(H,68,76)(H,69,77)(H,70,74)(H,71,78)(H,72,75)/t38-,39+,40-,45-,46-,47-,48-,49-,50+,63-/m0/s1. The quantitative estimate of drug-likeness (QED) is 0.0171. The van der Waals surface area contributed by atoms with E-state index in [4.69, 9.17) is 23.5 Å². The number of amides is 8. The minimum Gasteiger partial charge on any atom is -0.464 e. The first kappa shape index (κ1) is 70.0. The summed E-state index contributed by atoms with van der Waals surface area (Å²) in [5.74, 6) is -5.05. The number of unbranched alkanes of at least 4 members (excludes halogenated alkanes) is 3. The Bertz CT molecular complexity index is 2660. The van der Waals surface area contributed by atoms with Crippen molar-refractivity contribution in [2.45, 2.75) is 233 Å². The number of carbonyl (C=O) groups is 9. The van der Waals surface area contributed by atoms with Gasteiger partial charge in [0.15, 0.2) is 0 Å². The molecule has 8 N–H and O–H groups in total. The molecule has 0 radical (unpaired) electrons. The van der Waals surface area contributed by atoms with Crippen LogP contribution < -0.4 is 42.5 Å². The number of alkyl carbamates (subject to hydrolysis) is 2. The third-order valence-electron chi connectivity index (χ3n) is 16.2. The third-order valence-corrected chi connectivity index (χ3v) is 16.2. The van der Waals surface area contributed by atoms with Crippen molar-refractivity contribution >= 4 is 60.7 Å². The predicted molar refractivity (Wildman–Crippen MR) is 326 cm³/mol. The van der Waals surface area contributed by atoms with Gasteiger partial charge in [0, 0.05) is 18.5 Å². The van der Waals surface area contributed by atoms with Gasteiger partial charge >= 0.3 is 25.3 Å². The van der Waals surface area contributed by atoms with E-state index in [1.807, 2.05) is 19.1 Å². The molecule has 23 heteroatoms. The van der Waals surface area contributed by atoms with Crippen LogP contribution in [-0.2, 0) is 58.7 Å². The summed E-state index contributed by atoms with van der Waals surface area (Å²) in [5, 5.41) is 21.4.